The molecule has 0 atom stereocenters. The van der Waals surface area contributed by atoms with Crippen molar-refractivity contribution in [2.45, 2.75) is 13.1 Å². The van der Waals surface area contributed by atoms with E-state index in [9.17, 15) is 5.21 Å². The first-order valence-electron chi connectivity index (χ1n) is 4.22. The van der Waals surface area contributed by atoms with Gasteiger partial charge in [0.05, 0.1) is 11.4 Å². The minimum absolute atomic E-state index is 0.460. The molecule has 0 amide bonds. The molecule has 0 saturated heterocycles. The highest BCUT2D eigenvalue weighted by Crippen LogP contribution is 2.15. The van der Waals surface area contributed by atoms with E-state index in [-0.39, 0.29) is 0 Å². The van der Waals surface area contributed by atoms with Gasteiger partial charge in [-0.15, -0.1) is 0 Å². The Bertz CT molecular complexity index is 481. The summed E-state index contributed by atoms with van der Waals surface area (Å²) in [4.78, 5) is 0. The molecule has 2 rings (SSSR count). The Labute approximate surface area is 88.1 Å². The van der Waals surface area contributed by atoms with Crippen LogP contribution in [0.5, 0.6) is 0 Å². The average Bonchev–Trinajstić information content (AvgIpc) is 2.47. The van der Waals surface area contributed by atoms with Crippen LogP contribution in [0.2, 0.25) is 18.1 Å². The highest BCUT2D eigenvalue weighted by atomic mass is 35.5. The van der Waals surface area contributed by atoms with Gasteiger partial charge in [-0.25, -0.2) is 0 Å². The van der Waals surface area contributed by atoms with E-state index in [2.05, 4.69) is 13.1 Å². The van der Waals surface area contributed by atoms with Crippen molar-refractivity contribution < 1.29 is 14.4 Å². The molecule has 2 aromatic rings. The molecule has 5 heteroatoms. The Hall–Kier alpha value is -1.00. The lowest BCUT2D eigenvalue weighted by Crippen LogP contribution is -2.30. The van der Waals surface area contributed by atoms with E-state index < -0.39 is 8.80 Å². The first-order chi connectivity index (χ1) is 6.58. The highest BCUT2D eigenvalue weighted by molar-refractivity contribution is 6.69. The molecule has 0 aromatic carbocycles. The molecule has 2 aromatic heterocycles. The summed E-state index contributed by atoms with van der Waals surface area (Å²) >= 11 is 5.78. The fourth-order valence-electron chi connectivity index (χ4n) is 1.27. The van der Waals surface area contributed by atoms with Gasteiger partial charge in [0.15, 0.2) is 0 Å². The van der Waals surface area contributed by atoms with E-state index >= 15 is 0 Å². The topological polar surface area (TPSA) is 37.2 Å². The third-order valence-corrected chi connectivity index (χ3v) is 3.43. The Morgan fingerprint density at radius 2 is 2.14 bits per heavy atom. The first kappa shape index (κ1) is 9.55. The normalized spacial score (nSPS) is 11.4. The van der Waals surface area contributed by atoms with E-state index in [1.54, 1.807) is 6.07 Å². The minimum Gasteiger partial charge on any atom is -0.460 e. The van der Waals surface area contributed by atoms with Crippen LogP contribution in [0.3, 0.4) is 0 Å². The van der Waals surface area contributed by atoms with Crippen LogP contribution >= 0.6 is 11.6 Å². The van der Waals surface area contributed by atoms with Gasteiger partial charge in [0.1, 0.15) is 13.8 Å². The van der Waals surface area contributed by atoms with E-state index in [1.807, 2.05) is 6.07 Å². The van der Waals surface area contributed by atoms with Crippen LogP contribution in [0, 0.1) is 0 Å². The largest absolute Gasteiger partial charge is 0.460 e. The summed E-state index contributed by atoms with van der Waals surface area (Å²) in [7, 11) is -0.637. The van der Waals surface area contributed by atoms with Gasteiger partial charge in [0.2, 0.25) is 11.8 Å². The smallest absolute Gasteiger partial charge is 0.302 e. The van der Waals surface area contributed by atoms with Crippen LogP contribution in [0.1, 0.15) is 0 Å². The Balaban J connectivity index is 2.70. The summed E-state index contributed by atoms with van der Waals surface area (Å²) in [6, 6.07) is 3.57. The summed E-state index contributed by atoms with van der Waals surface area (Å²) in [5.41, 5.74) is 1.29. The van der Waals surface area contributed by atoms with Gasteiger partial charge in [0.25, 0.3) is 0 Å². The molecule has 1 radical (unpaired) electrons. The van der Waals surface area contributed by atoms with Gasteiger partial charge in [-0.05, 0) is 0 Å². The SMILES string of the molecule is C[Si](C)c1cc2c(cc(Cl)c[n+]2O)o1. The third kappa shape index (κ3) is 1.51. The van der Waals surface area contributed by atoms with Crippen LogP contribution in [0.4, 0.5) is 0 Å². The summed E-state index contributed by atoms with van der Waals surface area (Å²) in [5.74, 6) is 0. The van der Waals surface area contributed by atoms with Gasteiger partial charge in [-0.1, -0.05) is 24.7 Å². The molecule has 0 aliphatic rings. The van der Waals surface area contributed by atoms with Gasteiger partial charge in [0, 0.05) is 10.8 Å². The van der Waals surface area contributed by atoms with Crippen LogP contribution in [0.25, 0.3) is 11.1 Å². The molecule has 1 N–H and O–H groups in total. The van der Waals surface area contributed by atoms with Crippen LogP contribution in [-0.4, -0.2) is 14.0 Å². The zero-order chi connectivity index (χ0) is 10.3. The summed E-state index contributed by atoms with van der Waals surface area (Å²) in [5, 5.41) is 10.9. The highest BCUT2D eigenvalue weighted by Gasteiger charge is 2.18. The number of hydrogen-bond donors (Lipinski definition) is 1. The molecule has 0 bridgehead atoms. The van der Waals surface area contributed by atoms with Crippen LogP contribution < -0.4 is 10.1 Å². The van der Waals surface area contributed by atoms with Gasteiger partial charge >= 0.3 is 5.52 Å². The Kier molecular flexibility index (Phi) is 2.24. The fourth-order valence-corrected chi connectivity index (χ4v) is 2.20. The van der Waals surface area contributed by atoms with Crippen molar-refractivity contribution >= 4 is 36.9 Å². The molecule has 3 nitrogen and oxygen atoms in total. The number of hydrogen-bond acceptors (Lipinski definition) is 2. The number of halogens is 1. The van der Waals surface area contributed by atoms with Gasteiger partial charge in [-0.3, -0.25) is 5.21 Å². The maximum absolute atomic E-state index is 9.53. The number of pyridine rings is 1. The van der Waals surface area contributed by atoms with Gasteiger partial charge < -0.3 is 4.42 Å². The van der Waals surface area contributed by atoms with Crippen molar-refractivity contribution in [2.24, 2.45) is 0 Å². The molecule has 0 fully saturated rings. The monoisotopic (exact) mass is 227 g/mol. The van der Waals surface area contributed by atoms with Crippen molar-refractivity contribution in [3.8, 4) is 0 Å². The number of furan rings is 1. The molecule has 0 aliphatic heterocycles. The van der Waals surface area contributed by atoms with E-state index in [4.69, 9.17) is 16.0 Å². The maximum atomic E-state index is 9.53. The van der Waals surface area contributed by atoms with Crippen molar-refractivity contribution in [1.29, 1.82) is 0 Å². The minimum atomic E-state index is -0.637. The molecular formula is C9H10ClNO2Si+. The van der Waals surface area contributed by atoms with Crippen LogP contribution in [0.15, 0.2) is 22.7 Å². The zero-order valence-electron chi connectivity index (χ0n) is 7.91. The lowest BCUT2D eigenvalue weighted by atomic mass is 10.4. The Morgan fingerprint density at radius 1 is 1.43 bits per heavy atom. The zero-order valence-corrected chi connectivity index (χ0v) is 9.67. The Morgan fingerprint density at radius 3 is 2.79 bits per heavy atom. The van der Waals surface area contributed by atoms with Crippen LogP contribution in [-0.2, 0) is 0 Å². The quantitative estimate of drug-likeness (QED) is 0.456. The van der Waals surface area contributed by atoms with Crippen molar-refractivity contribution in [1.82, 2.24) is 0 Å². The number of aromatic nitrogens is 1. The molecule has 73 valence electrons. The third-order valence-electron chi connectivity index (χ3n) is 1.99. The fraction of sp³-hybridized carbons (Fsp3) is 0.222. The molecule has 0 aliphatic carbocycles. The standard InChI is InChI=1S/C9H10ClNO2Si/c1-14(2)9-4-7-8(13-9)3-6(10)5-11(7)12/h3-5,12H,1-2H3/q+1. The molecule has 0 spiro atoms. The summed E-state index contributed by atoms with van der Waals surface area (Å²) in [6.07, 6.45) is 1.45. The predicted molar refractivity (Wildman–Crippen MR) is 55.7 cm³/mol. The number of fused-ring (bicyclic) bond motifs is 1. The van der Waals surface area contributed by atoms with E-state index in [0.717, 1.165) is 10.1 Å². The second-order valence-electron chi connectivity index (χ2n) is 3.36. The van der Waals surface area contributed by atoms with Gasteiger partial charge in [-0.2, -0.15) is 0 Å². The molecule has 0 unspecified atom stereocenters. The molecule has 2 heterocycles. The predicted octanol–water partition coefficient (Wildman–Crippen LogP) is 1.57. The van der Waals surface area contributed by atoms with Crippen molar-refractivity contribution in [3.05, 3.63) is 23.4 Å². The number of rotatable bonds is 1. The molecular weight excluding hydrogens is 218 g/mol. The maximum Gasteiger partial charge on any atom is 0.302 e. The van der Waals surface area contributed by atoms with E-state index in [1.165, 1.54) is 6.20 Å². The van der Waals surface area contributed by atoms with E-state index in [0.29, 0.717) is 16.1 Å². The summed E-state index contributed by atoms with van der Waals surface area (Å²) in [6.45, 7) is 4.26. The van der Waals surface area contributed by atoms with Crippen molar-refractivity contribution in [2.75, 3.05) is 0 Å². The van der Waals surface area contributed by atoms with Crippen molar-refractivity contribution in [3.63, 3.8) is 0 Å². The number of nitrogens with zero attached hydrogens (tertiary/aromatic N) is 1. The summed E-state index contributed by atoms with van der Waals surface area (Å²) < 4.78 is 6.57. The first-order valence-corrected chi connectivity index (χ1v) is 7.10. The second kappa shape index (κ2) is 3.29. The molecule has 0 saturated carbocycles. The lowest BCUT2D eigenvalue weighted by Gasteiger charge is -1.92. The second-order valence-corrected chi connectivity index (χ2v) is 6.29. The molecule has 14 heavy (non-hydrogen) atoms. The lowest BCUT2D eigenvalue weighted by molar-refractivity contribution is -0.884. The average molecular weight is 228 g/mol.